The second kappa shape index (κ2) is 21.6. The van der Waals surface area contributed by atoms with E-state index in [0.717, 1.165) is 49.7 Å². The summed E-state index contributed by atoms with van der Waals surface area (Å²) in [5.41, 5.74) is 2.14. The number of carbonyl (C=O) groups excluding carboxylic acids is 1. The third kappa shape index (κ3) is 10.3. The van der Waals surface area contributed by atoms with E-state index >= 15 is 0 Å². The fraction of sp³-hybridized carbons (Fsp3) is 0.918. The molecule has 19 nitrogen and oxygen atoms in total. The monoisotopic (exact) mass is 1130 g/mol. The van der Waals surface area contributed by atoms with Crippen LogP contribution in [0.5, 0.6) is 0 Å². The van der Waals surface area contributed by atoms with Crippen LogP contribution in [-0.2, 0) is 75.8 Å². The van der Waals surface area contributed by atoms with Gasteiger partial charge in [0.25, 0.3) is 0 Å². The van der Waals surface area contributed by atoms with Gasteiger partial charge in [0, 0.05) is 83.7 Å². The van der Waals surface area contributed by atoms with Gasteiger partial charge in [0.15, 0.2) is 17.4 Å². The third-order valence-electron chi connectivity index (χ3n) is 21.8. The highest BCUT2D eigenvalue weighted by Gasteiger charge is 2.66. The maximum absolute atomic E-state index is 14.6. The highest BCUT2D eigenvalue weighted by Crippen LogP contribution is 2.57. The van der Waals surface area contributed by atoms with Gasteiger partial charge in [-0.15, -0.1) is 0 Å². The molecule has 31 atom stereocenters. The van der Waals surface area contributed by atoms with E-state index in [0.29, 0.717) is 70.6 Å². The highest BCUT2D eigenvalue weighted by atomic mass is 16.8. The van der Waals surface area contributed by atoms with Crippen molar-refractivity contribution in [3.63, 3.8) is 0 Å². The molecule has 14 fully saturated rings. The van der Waals surface area contributed by atoms with E-state index in [1.165, 1.54) is 0 Å². The molecule has 0 saturated carbocycles. The van der Waals surface area contributed by atoms with Crippen molar-refractivity contribution in [3.05, 3.63) is 24.3 Å². The van der Waals surface area contributed by atoms with Crippen LogP contribution in [0.15, 0.2) is 24.3 Å². The molecule has 14 aliphatic rings. The van der Waals surface area contributed by atoms with Crippen molar-refractivity contribution in [2.45, 2.75) is 314 Å². The minimum absolute atomic E-state index is 0.000470. The number of hydrogen-bond acceptors (Lipinski definition) is 19. The Balaban J connectivity index is 0.682. The van der Waals surface area contributed by atoms with Crippen molar-refractivity contribution in [2.75, 3.05) is 13.7 Å². The van der Waals surface area contributed by atoms with Crippen molar-refractivity contribution in [1.29, 1.82) is 0 Å². The highest BCUT2D eigenvalue weighted by molar-refractivity contribution is 5.70. The molecule has 0 aromatic heterocycles. The molecule has 80 heavy (non-hydrogen) atoms. The van der Waals surface area contributed by atoms with Crippen molar-refractivity contribution < 1.29 is 91.2 Å². The SMILES string of the molecule is C=C1CC2CC[C@]34C[C@@H](OC)C(O3)[C@H]3CC(O4)[C@H]4OC(CCC4O3)CC(=O)OC3C(CC4O[C@@H](CCC1O2)C[C@@H](C)C4=C)O[C@H]1C[C@H]2O[C@@]4(CC5O[C@]6(C[C@H](C)C7OC([C@@H](O)C[C@@H](O)CO)CC7O6)C[C@H](C)C5O4)C[C@H]2O[C@H]1[C@@H]3C. The van der Waals surface area contributed by atoms with Gasteiger partial charge in [-0.3, -0.25) is 4.79 Å². The fourth-order valence-electron chi connectivity index (χ4n) is 17.9. The summed E-state index contributed by atoms with van der Waals surface area (Å²) in [6, 6.07) is 0. The zero-order valence-electron chi connectivity index (χ0n) is 47.6. The van der Waals surface area contributed by atoms with E-state index in [-0.39, 0.29) is 158 Å². The zero-order chi connectivity index (χ0) is 55.1. The molecule has 14 heterocycles. The van der Waals surface area contributed by atoms with Crippen LogP contribution < -0.4 is 0 Å². The molecule has 3 N–H and O–H groups in total. The number of aliphatic hydroxyl groups excluding tert-OH is 3. The molecule has 19 heteroatoms. The standard InChI is InChI=1S/C61H90O19/c1-28-14-35-8-10-39-29(2)15-37(67-39)12-13-59-25-50(66-7)58(80-59)46-21-48(76-59)57-40(70-46)11-9-36(69-57)17-52(65)74-56-33(6)55-45(71-44(56)18-41(68-35)32(28)5)20-43-49(73-55)24-61(75-43)26-51-54(79-61)31(4)23-60(78-51)22-30(3)53-47(77-60)19-42(72-53)38(64)16-34(63)27-62/h28,30-31,33-51,53-58,62-64H,2,5,8-27H2,1,3-4,6-7H3/t28-,30+,31+,33+,34-,35+,36?,37?,38+,39?,40?,41?,42?,43-,44?,45+,46-,47?,48?,49-,50-,51?,53?,54?,55+,56?,57+,58?,59-,60-,61+/m1/s1. The van der Waals surface area contributed by atoms with Gasteiger partial charge >= 0.3 is 5.97 Å². The second-order valence-electron chi connectivity index (χ2n) is 27.6. The summed E-state index contributed by atoms with van der Waals surface area (Å²) in [5.74, 6) is -2.80. The van der Waals surface area contributed by atoms with E-state index < -0.39 is 54.5 Å². The Kier molecular flexibility index (Phi) is 15.1. The lowest BCUT2D eigenvalue weighted by atomic mass is 9.79. The molecule has 448 valence electrons. The average molecular weight is 1130 g/mol. The summed E-state index contributed by atoms with van der Waals surface area (Å²) in [6.07, 6.45) is 3.13. The maximum atomic E-state index is 14.6. The van der Waals surface area contributed by atoms with Crippen LogP contribution in [0, 0.1) is 23.7 Å². The molecule has 0 aromatic rings. The molecular formula is C61H90O19. The number of ether oxygens (including phenoxy) is 15. The van der Waals surface area contributed by atoms with Gasteiger partial charge in [-0.25, -0.2) is 0 Å². The molecule has 0 aliphatic carbocycles. The van der Waals surface area contributed by atoms with Gasteiger partial charge in [-0.1, -0.05) is 40.9 Å². The van der Waals surface area contributed by atoms with Gasteiger partial charge in [0.1, 0.15) is 18.3 Å². The number of fused-ring (bicyclic) bond motifs is 13. The summed E-state index contributed by atoms with van der Waals surface area (Å²) < 4.78 is 103. The summed E-state index contributed by atoms with van der Waals surface area (Å²) in [4.78, 5) is 14.6. The molecule has 14 saturated heterocycles. The van der Waals surface area contributed by atoms with E-state index in [9.17, 15) is 20.1 Å². The molecule has 14 unspecified atom stereocenters. The minimum Gasteiger partial charge on any atom is -0.459 e. The van der Waals surface area contributed by atoms with Crippen LogP contribution in [0.3, 0.4) is 0 Å². The first-order valence-electron chi connectivity index (χ1n) is 31.1. The second-order valence-corrected chi connectivity index (χ2v) is 27.6. The fourth-order valence-corrected chi connectivity index (χ4v) is 17.9. The van der Waals surface area contributed by atoms with Crippen LogP contribution in [0.4, 0.5) is 0 Å². The van der Waals surface area contributed by atoms with Crippen molar-refractivity contribution in [2.24, 2.45) is 23.7 Å². The summed E-state index contributed by atoms with van der Waals surface area (Å²) in [7, 11) is 1.74. The van der Waals surface area contributed by atoms with Gasteiger partial charge in [0.05, 0.1) is 141 Å². The molecule has 0 aromatic carbocycles. The van der Waals surface area contributed by atoms with E-state index in [4.69, 9.17) is 71.1 Å². The summed E-state index contributed by atoms with van der Waals surface area (Å²) in [5, 5.41) is 30.3. The smallest absolute Gasteiger partial charge is 0.308 e. The topological polar surface area (TPSA) is 216 Å². The van der Waals surface area contributed by atoms with E-state index in [1.54, 1.807) is 7.11 Å². The number of carbonyl (C=O) groups is 1. The Morgan fingerprint density at radius 3 is 2.04 bits per heavy atom. The lowest BCUT2D eigenvalue weighted by molar-refractivity contribution is -0.347. The number of aliphatic hydroxyl groups is 3. The molecule has 3 spiro atoms. The van der Waals surface area contributed by atoms with Crippen molar-refractivity contribution in [1.82, 2.24) is 0 Å². The molecule has 14 rings (SSSR count). The quantitative estimate of drug-likeness (QED) is 0.227. The van der Waals surface area contributed by atoms with Crippen molar-refractivity contribution in [3.8, 4) is 0 Å². The first kappa shape index (κ1) is 56.1. The van der Waals surface area contributed by atoms with Crippen molar-refractivity contribution >= 4 is 5.97 Å². The van der Waals surface area contributed by atoms with Gasteiger partial charge in [0.2, 0.25) is 0 Å². The van der Waals surface area contributed by atoms with Gasteiger partial charge in [-0.2, -0.15) is 0 Å². The lowest BCUT2D eigenvalue weighted by Gasteiger charge is -2.50. The Morgan fingerprint density at radius 2 is 1.21 bits per heavy atom. The van der Waals surface area contributed by atoms with Gasteiger partial charge < -0.3 is 86.4 Å². The number of rotatable bonds is 5. The number of hydrogen-bond donors (Lipinski definition) is 3. The molecule has 0 radical (unpaired) electrons. The largest absolute Gasteiger partial charge is 0.459 e. The van der Waals surface area contributed by atoms with Gasteiger partial charge in [-0.05, 0) is 73.8 Å². The molecular weight excluding hydrogens is 1040 g/mol. The van der Waals surface area contributed by atoms with Crippen LogP contribution in [0.1, 0.15) is 150 Å². The number of esters is 1. The molecule has 0 amide bonds. The number of methoxy groups -OCH3 is 1. The van der Waals surface area contributed by atoms with Crippen LogP contribution >= 0.6 is 0 Å². The Morgan fingerprint density at radius 1 is 0.550 bits per heavy atom. The summed E-state index contributed by atoms with van der Waals surface area (Å²) >= 11 is 0. The zero-order valence-corrected chi connectivity index (χ0v) is 47.6. The maximum Gasteiger partial charge on any atom is 0.308 e. The predicted molar refractivity (Wildman–Crippen MR) is 280 cm³/mol. The predicted octanol–water partition coefficient (Wildman–Crippen LogP) is 5.56. The van der Waals surface area contributed by atoms with Crippen LogP contribution in [-0.4, -0.2) is 199 Å². The van der Waals surface area contributed by atoms with E-state index in [2.05, 4.69) is 40.9 Å². The third-order valence-corrected chi connectivity index (χ3v) is 21.8. The Bertz CT molecular complexity index is 2310. The Labute approximate surface area is 470 Å². The molecule has 14 aliphatic heterocycles. The average Bonchev–Trinajstić information content (AvgIpc) is 4.40. The first-order valence-corrected chi connectivity index (χ1v) is 31.1. The molecule has 10 bridgehead atoms. The van der Waals surface area contributed by atoms with Crippen LogP contribution in [0.25, 0.3) is 0 Å². The summed E-state index contributed by atoms with van der Waals surface area (Å²) in [6.45, 7) is 17.4. The first-order chi connectivity index (χ1) is 38.4. The van der Waals surface area contributed by atoms with Crippen LogP contribution in [0.2, 0.25) is 0 Å². The normalized spacial score (nSPS) is 55.3. The minimum atomic E-state index is -1.02. The lowest BCUT2D eigenvalue weighted by Crippen LogP contribution is -2.61. The van der Waals surface area contributed by atoms with E-state index in [1.807, 2.05) is 0 Å². The Hall–Kier alpha value is -1.73.